The van der Waals surface area contributed by atoms with Gasteiger partial charge in [-0.25, -0.2) is 0 Å². The Bertz CT molecular complexity index is 271. The summed E-state index contributed by atoms with van der Waals surface area (Å²) in [5, 5.41) is 0. The van der Waals surface area contributed by atoms with E-state index in [2.05, 4.69) is 6.92 Å². The average molecular weight is 191 g/mol. The van der Waals surface area contributed by atoms with Crippen molar-refractivity contribution in [2.75, 3.05) is 0 Å². The van der Waals surface area contributed by atoms with Crippen LogP contribution in [0.2, 0.25) is 0 Å². The molecule has 1 aromatic carbocycles. The van der Waals surface area contributed by atoms with Gasteiger partial charge >= 0.3 is 0 Å². The molecule has 0 saturated carbocycles. The lowest BCUT2D eigenvalue weighted by Gasteiger charge is -2.08. The van der Waals surface area contributed by atoms with E-state index in [9.17, 15) is 0 Å². The van der Waals surface area contributed by atoms with Crippen molar-refractivity contribution in [1.82, 2.24) is 0 Å². The van der Waals surface area contributed by atoms with Crippen LogP contribution in [0.5, 0.6) is 11.5 Å². The van der Waals surface area contributed by atoms with Crippen molar-refractivity contribution in [3.05, 3.63) is 31.2 Å². The Morgan fingerprint density at radius 1 is 1.07 bits per heavy atom. The van der Waals surface area contributed by atoms with Crippen LogP contribution in [0.25, 0.3) is 0 Å². The van der Waals surface area contributed by atoms with Crippen molar-refractivity contribution in [1.29, 1.82) is 0 Å². The molecule has 0 aliphatic carbocycles. The molecule has 0 bridgehead atoms. The Morgan fingerprint density at radius 2 is 1.71 bits per heavy atom. The first-order chi connectivity index (χ1) is 6.90. The number of unbranched alkanes of at least 4 members (excludes halogenated alkanes) is 2. The van der Waals surface area contributed by atoms with E-state index in [0.717, 1.165) is 37.2 Å². The SMILES string of the molecule is [CH2]CCCCC1Oc2ccccc2O1. The van der Waals surface area contributed by atoms with E-state index in [-0.39, 0.29) is 6.29 Å². The molecule has 0 amide bonds. The third kappa shape index (κ3) is 2.00. The zero-order valence-corrected chi connectivity index (χ0v) is 8.24. The molecule has 14 heavy (non-hydrogen) atoms. The molecule has 2 nitrogen and oxygen atoms in total. The van der Waals surface area contributed by atoms with Gasteiger partial charge in [-0.15, -0.1) is 0 Å². The molecule has 1 aromatic rings. The second-order valence-corrected chi connectivity index (χ2v) is 3.46. The van der Waals surface area contributed by atoms with Crippen LogP contribution in [0, 0.1) is 6.92 Å². The molecule has 2 heteroatoms. The van der Waals surface area contributed by atoms with Crippen molar-refractivity contribution in [2.24, 2.45) is 0 Å². The smallest absolute Gasteiger partial charge is 0.241 e. The van der Waals surface area contributed by atoms with Crippen LogP contribution >= 0.6 is 0 Å². The first kappa shape index (κ1) is 9.38. The Labute approximate surface area is 84.8 Å². The fourth-order valence-corrected chi connectivity index (χ4v) is 1.56. The van der Waals surface area contributed by atoms with Crippen molar-refractivity contribution < 1.29 is 9.47 Å². The van der Waals surface area contributed by atoms with Gasteiger partial charge < -0.3 is 9.47 Å². The largest absolute Gasteiger partial charge is 0.451 e. The molecule has 1 aliphatic heterocycles. The Morgan fingerprint density at radius 3 is 2.29 bits per heavy atom. The molecule has 0 aromatic heterocycles. The fraction of sp³-hybridized carbons (Fsp3) is 0.417. The second kappa shape index (κ2) is 4.36. The Kier molecular flexibility index (Phi) is 2.92. The standard InChI is InChI=1S/C12H15O2/c1-2-3-4-9-12-13-10-7-5-6-8-11(10)14-12/h5-8,12H,1-4,9H2. The van der Waals surface area contributed by atoms with Crippen LogP contribution in [0.3, 0.4) is 0 Å². The van der Waals surface area contributed by atoms with Crippen LogP contribution in [0.4, 0.5) is 0 Å². The Balaban J connectivity index is 1.86. The van der Waals surface area contributed by atoms with Gasteiger partial charge in [0.05, 0.1) is 0 Å². The summed E-state index contributed by atoms with van der Waals surface area (Å²) < 4.78 is 11.2. The molecule has 1 radical (unpaired) electrons. The van der Waals surface area contributed by atoms with E-state index < -0.39 is 0 Å². The quantitative estimate of drug-likeness (QED) is 0.680. The van der Waals surface area contributed by atoms with Gasteiger partial charge in [-0.3, -0.25) is 0 Å². The van der Waals surface area contributed by atoms with Crippen molar-refractivity contribution in [3.63, 3.8) is 0 Å². The molecule has 0 N–H and O–H groups in total. The maximum Gasteiger partial charge on any atom is 0.241 e. The minimum absolute atomic E-state index is 0.0843. The maximum absolute atomic E-state index is 5.61. The topological polar surface area (TPSA) is 18.5 Å². The number of hydrogen-bond acceptors (Lipinski definition) is 2. The van der Waals surface area contributed by atoms with E-state index in [1.165, 1.54) is 0 Å². The van der Waals surface area contributed by atoms with Gasteiger partial charge in [0.25, 0.3) is 0 Å². The van der Waals surface area contributed by atoms with Crippen molar-refractivity contribution in [2.45, 2.75) is 32.0 Å². The summed E-state index contributed by atoms with van der Waals surface area (Å²) in [7, 11) is 0. The first-order valence-corrected chi connectivity index (χ1v) is 5.12. The number of rotatable bonds is 4. The fourth-order valence-electron chi connectivity index (χ4n) is 1.56. The molecule has 0 spiro atoms. The number of para-hydroxylation sites is 2. The molecule has 0 saturated heterocycles. The van der Waals surface area contributed by atoms with Crippen LogP contribution in [-0.4, -0.2) is 6.29 Å². The van der Waals surface area contributed by atoms with Crippen LogP contribution in [0.1, 0.15) is 25.7 Å². The van der Waals surface area contributed by atoms with E-state index in [4.69, 9.17) is 9.47 Å². The van der Waals surface area contributed by atoms with Crippen molar-refractivity contribution >= 4 is 0 Å². The molecule has 2 rings (SSSR count). The number of ether oxygens (including phenoxy) is 2. The second-order valence-electron chi connectivity index (χ2n) is 3.46. The lowest BCUT2D eigenvalue weighted by Crippen LogP contribution is -2.17. The number of fused-ring (bicyclic) bond motifs is 1. The van der Waals surface area contributed by atoms with Gasteiger partial charge in [0.2, 0.25) is 6.29 Å². The van der Waals surface area contributed by atoms with Gasteiger partial charge in [-0.05, 0) is 18.6 Å². The average Bonchev–Trinajstić information content (AvgIpc) is 2.60. The van der Waals surface area contributed by atoms with Gasteiger partial charge in [-0.2, -0.15) is 0 Å². The van der Waals surface area contributed by atoms with E-state index in [0.29, 0.717) is 0 Å². The van der Waals surface area contributed by atoms with Gasteiger partial charge in [0, 0.05) is 6.42 Å². The summed E-state index contributed by atoms with van der Waals surface area (Å²) in [4.78, 5) is 0. The zero-order valence-electron chi connectivity index (χ0n) is 8.24. The van der Waals surface area contributed by atoms with Gasteiger partial charge in [-0.1, -0.05) is 31.9 Å². The lowest BCUT2D eigenvalue weighted by molar-refractivity contribution is 0.0397. The highest BCUT2D eigenvalue weighted by Crippen LogP contribution is 2.35. The van der Waals surface area contributed by atoms with Gasteiger partial charge in [0.15, 0.2) is 11.5 Å². The molecule has 1 heterocycles. The van der Waals surface area contributed by atoms with E-state index >= 15 is 0 Å². The monoisotopic (exact) mass is 191 g/mol. The third-order valence-electron chi connectivity index (χ3n) is 2.31. The molecule has 1 aliphatic rings. The summed E-state index contributed by atoms with van der Waals surface area (Å²) in [5.41, 5.74) is 0. The molecule has 0 atom stereocenters. The summed E-state index contributed by atoms with van der Waals surface area (Å²) in [6.45, 7) is 3.81. The predicted octanol–water partition coefficient (Wildman–Crippen LogP) is 3.18. The highest BCUT2D eigenvalue weighted by Gasteiger charge is 2.22. The zero-order chi connectivity index (χ0) is 9.80. The molecule has 75 valence electrons. The van der Waals surface area contributed by atoms with E-state index in [1.807, 2.05) is 24.3 Å². The third-order valence-corrected chi connectivity index (χ3v) is 2.31. The summed E-state index contributed by atoms with van der Waals surface area (Å²) >= 11 is 0. The number of hydrogen-bond donors (Lipinski definition) is 0. The maximum atomic E-state index is 5.61. The van der Waals surface area contributed by atoms with Crippen LogP contribution in [-0.2, 0) is 0 Å². The summed E-state index contributed by atoms with van der Waals surface area (Å²) in [6, 6.07) is 7.80. The molecule has 0 fully saturated rings. The lowest BCUT2D eigenvalue weighted by atomic mass is 10.2. The highest BCUT2D eigenvalue weighted by molar-refractivity contribution is 5.41. The van der Waals surface area contributed by atoms with Crippen LogP contribution < -0.4 is 9.47 Å². The minimum Gasteiger partial charge on any atom is -0.451 e. The van der Waals surface area contributed by atoms with E-state index in [1.54, 1.807) is 0 Å². The van der Waals surface area contributed by atoms with Crippen LogP contribution in [0.15, 0.2) is 24.3 Å². The molecule has 0 unspecified atom stereocenters. The van der Waals surface area contributed by atoms with Gasteiger partial charge in [0.1, 0.15) is 0 Å². The number of benzene rings is 1. The molecular weight excluding hydrogens is 176 g/mol. The minimum atomic E-state index is -0.0843. The normalized spacial score (nSPS) is 14.6. The predicted molar refractivity (Wildman–Crippen MR) is 55.3 cm³/mol. The first-order valence-electron chi connectivity index (χ1n) is 5.12. The summed E-state index contributed by atoms with van der Waals surface area (Å²) in [5.74, 6) is 1.74. The molecular formula is C12H15O2. The Hall–Kier alpha value is -1.18. The highest BCUT2D eigenvalue weighted by atomic mass is 16.7. The van der Waals surface area contributed by atoms with Crippen molar-refractivity contribution in [3.8, 4) is 11.5 Å². The summed E-state index contributed by atoms with van der Waals surface area (Å²) in [6.07, 6.45) is 4.10.